The Morgan fingerprint density at radius 3 is 2.58 bits per heavy atom. The lowest BCUT2D eigenvalue weighted by Gasteiger charge is -2.34. The molecule has 1 fully saturated rings. The Bertz CT molecular complexity index is 1080. The highest BCUT2D eigenvalue weighted by molar-refractivity contribution is 6.00. The van der Waals surface area contributed by atoms with Crippen LogP contribution >= 0.6 is 0 Å². The van der Waals surface area contributed by atoms with Gasteiger partial charge in [-0.05, 0) is 67.2 Å². The number of nitrogens with two attached hydrogens (primary N) is 1. The van der Waals surface area contributed by atoms with Crippen LogP contribution in [0.2, 0.25) is 0 Å². The van der Waals surface area contributed by atoms with Crippen LogP contribution in [0.3, 0.4) is 0 Å². The minimum Gasteiger partial charge on any atom is -0.337 e. The summed E-state index contributed by atoms with van der Waals surface area (Å²) in [5.41, 5.74) is 11.8. The molecule has 0 aliphatic carbocycles. The maximum atomic E-state index is 13.3. The van der Waals surface area contributed by atoms with E-state index in [-0.39, 0.29) is 11.9 Å². The van der Waals surface area contributed by atoms with E-state index in [9.17, 15) is 10.1 Å². The summed E-state index contributed by atoms with van der Waals surface area (Å²) in [6.45, 7) is 4.19. The highest BCUT2D eigenvalue weighted by Crippen LogP contribution is 2.31. The van der Waals surface area contributed by atoms with E-state index in [0.29, 0.717) is 24.2 Å². The number of aryl methyl sites for hydroxylation is 1. The fourth-order valence-corrected chi connectivity index (χ4v) is 4.52. The molecule has 4 rings (SSSR count). The molecule has 2 aromatic carbocycles. The van der Waals surface area contributed by atoms with Crippen molar-refractivity contribution < 1.29 is 4.79 Å². The van der Waals surface area contributed by atoms with E-state index in [1.54, 1.807) is 0 Å². The number of amides is 1. The van der Waals surface area contributed by atoms with E-state index in [1.807, 2.05) is 41.3 Å². The maximum Gasteiger partial charge on any atom is 0.253 e. The Hall–Kier alpha value is -3.36. The molecule has 0 saturated carbocycles. The van der Waals surface area contributed by atoms with Gasteiger partial charge in [-0.3, -0.25) is 4.79 Å². The van der Waals surface area contributed by atoms with Gasteiger partial charge in [0.1, 0.15) is 0 Å². The topological polar surface area (TPSA) is 73.4 Å². The Balaban J connectivity index is 1.64. The summed E-state index contributed by atoms with van der Waals surface area (Å²) in [6.07, 6.45) is 9.38. The molecular formula is C28H32N4O. The quantitative estimate of drug-likeness (QED) is 0.710. The van der Waals surface area contributed by atoms with E-state index in [0.717, 1.165) is 42.8 Å². The fourth-order valence-electron chi connectivity index (χ4n) is 4.52. The molecule has 1 atom stereocenters. The predicted octanol–water partition coefficient (Wildman–Crippen LogP) is 4.64. The van der Waals surface area contributed by atoms with Crippen LogP contribution in [0.5, 0.6) is 0 Å². The predicted molar refractivity (Wildman–Crippen MR) is 133 cm³/mol. The second-order valence-electron chi connectivity index (χ2n) is 8.91. The lowest BCUT2D eigenvalue weighted by atomic mass is 9.99. The highest BCUT2D eigenvalue weighted by atomic mass is 16.2. The third-order valence-corrected chi connectivity index (χ3v) is 6.45. The molecule has 5 nitrogen and oxygen atoms in total. The van der Waals surface area contributed by atoms with Crippen LogP contribution in [0, 0.1) is 11.3 Å². The smallest absolute Gasteiger partial charge is 0.253 e. The van der Waals surface area contributed by atoms with Gasteiger partial charge in [-0.15, -0.1) is 0 Å². The first kappa shape index (κ1) is 22.8. The lowest BCUT2D eigenvalue weighted by Crippen LogP contribution is -2.46. The van der Waals surface area contributed by atoms with Gasteiger partial charge in [0.15, 0.2) is 0 Å². The number of nitrogens with zero attached hydrogens (tertiary/aromatic N) is 3. The van der Waals surface area contributed by atoms with Crippen molar-refractivity contribution in [3.8, 4) is 6.07 Å². The van der Waals surface area contributed by atoms with Gasteiger partial charge in [0.05, 0.1) is 11.6 Å². The van der Waals surface area contributed by atoms with Crippen molar-refractivity contribution in [3.63, 3.8) is 0 Å². The van der Waals surface area contributed by atoms with E-state index < -0.39 is 0 Å². The van der Waals surface area contributed by atoms with Crippen molar-refractivity contribution in [3.05, 3.63) is 82.9 Å². The van der Waals surface area contributed by atoms with E-state index in [4.69, 9.17) is 5.73 Å². The van der Waals surface area contributed by atoms with E-state index >= 15 is 0 Å². The minimum atomic E-state index is 0.0471. The summed E-state index contributed by atoms with van der Waals surface area (Å²) >= 11 is 0. The molecular weight excluding hydrogens is 408 g/mol. The number of unbranched alkanes of at least 4 members (excludes halogenated alkanes) is 1. The molecule has 2 heterocycles. The monoisotopic (exact) mass is 440 g/mol. The van der Waals surface area contributed by atoms with Crippen molar-refractivity contribution in [2.45, 2.75) is 45.1 Å². The summed E-state index contributed by atoms with van der Waals surface area (Å²) < 4.78 is 0. The molecule has 170 valence electrons. The van der Waals surface area contributed by atoms with Gasteiger partial charge in [0.2, 0.25) is 0 Å². The summed E-state index contributed by atoms with van der Waals surface area (Å²) in [5, 5.41) is 9.19. The zero-order chi connectivity index (χ0) is 23.2. The summed E-state index contributed by atoms with van der Waals surface area (Å²) in [5.74, 6) is 0.0471. The van der Waals surface area contributed by atoms with Crippen LogP contribution in [-0.4, -0.2) is 36.5 Å². The van der Waals surface area contributed by atoms with Gasteiger partial charge in [-0.2, -0.15) is 5.26 Å². The second kappa shape index (κ2) is 10.5. The molecule has 0 radical (unpaired) electrons. The molecule has 1 saturated heterocycles. The standard InChI is InChI=1S/C28H32N4O/c1-2-3-5-21-9-13-26(14-10-21)32-17-15-24(28(33)31-16-4-6-25(30)20-31)18-27(32)23-11-7-22(19-29)8-12-23/h7-15,18,25H,2-6,16-17,20,30H2,1H3. The number of rotatable bonds is 6. The number of carbonyl (C=O) groups is 1. The van der Waals surface area contributed by atoms with Crippen molar-refractivity contribution in [1.82, 2.24) is 4.90 Å². The highest BCUT2D eigenvalue weighted by Gasteiger charge is 2.26. The van der Waals surface area contributed by atoms with Gasteiger partial charge in [0.25, 0.3) is 5.91 Å². The van der Waals surface area contributed by atoms with E-state index in [1.165, 1.54) is 18.4 Å². The first-order valence-corrected chi connectivity index (χ1v) is 11.9. The number of benzene rings is 2. The fraction of sp³-hybridized carbons (Fsp3) is 0.357. The first-order valence-electron chi connectivity index (χ1n) is 11.9. The van der Waals surface area contributed by atoms with Crippen LogP contribution in [0.1, 0.15) is 49.3 Å². The van der Waals surface area contributed by atoms with Crippen molar-refractivity contribution in [2.24, 2.45) is 5.73 Å². The van der Waals surface area contributed by atoms with E-state index in [2.05, 4.69) is 42.2 Å². The molecule has 2 aromatic rings. The van der Waals surface area contributed by atoms with Crippen LogP contribution < -0.4 is 10.6 Å². The molecule has 5 heteroatoms. The SMILES string of the molecule is CCCCc1ccc(N2CC=C(C(=O)N3CCCC(N)C3)C=C2c2ccc(C#N)cc2)cc1. The summed E-state index contributed by atoms with van der Waals surface area (Å²) in [7, 11) is 0. The van der Waals surface area contributed by atoms with Crippen LogP contribution in [0.4, 0.5) is 5.69 Å². The Labute approximate surface area is 196 Å². The minimum absolute atomic E-state index is 0.0471. The zero-order valence-electron chi connectivity index (χ0n) is 19.3. The summed E-state index contributed by atoms with van der Waals surface area (Å²) in [4.78, 5) is 17.4. The molecule has 2 N–H and O–H groups in total. The Morgan fingerprint density at radius 1 is 1.15 bits per heavy atom. The van der Waals surface area contributed by atoms with Crippen LogP contribution in [-0.2, 0) is 11.2 Å². The Kier molecular flexibility index (Phi) is 7.26. The molecule has 0 aromatic heterocycles. The van der Waals surface area contributed by atoms with Gasteiger partial charge in [0, 0.05) is 42.6 Å². The van der Waals surface area contributed by atoms with Crippen molar-refractivity contribution in [1.29, 1.82) is 5.26 Å². The molecule has 2 aliphatic rings. The van der Waals surface area contributed by atoms with Gasteiger partial charge >= 0.3 is 0 Å². The van der Waals surface area contributed by atoms with Gasteiger partial charge in [-0.1, -0.05) is 43.7 Å². The maximum absolute atomic E-state index is 13.3. The first-order chi connectivity index (χ1) is 16.1. The normalized spacial score (nSPS) is 18.4. The number of piperidine rings is 1. The van der Waals surface area contributed by atoms with Crippen LogP contribution in [0.15, 0.2) is 66.3 Å². The average molecular weight is 441 g/mol. The number of nitriles is 1. The number of carbonyl (C=O) groups excluding carboxylic acids is 1. The number of hydrogen-bond donors (Lipinski definition) is 1. The molecule has 0 spiro atoms. The summed E-state index contributed by atoms with van der Waals surface area (Å²) in [6, 6.07) is 18.5. The molecule has 1 unspecified atom stereocenters. The average Bonchev–Trinajstić information content (AvgIpc) is 2.87. The molecule has 0 bridgehead atoms. The molecule has 1 amide bonds. The third-order valence-electron chi connectivity index (χ3n) is 6.45. The molecule has 33 heavy (non-hydrogen) atoms. The van der Waals surface area contributed by atoms with Crippen molar-refractivity contribution in [2.75, 3.05) is 24.5 Å². The van der Waals surface area contributed by atoms with Gasteiger partial charge in [-0.25, -0.2) is 0 Å². The van der Waals surface area contributed by atoms with Crippen molar-refractivity contribution >= 4 is 17.3 Å². The third kappa shape index (κ3) is 5.35. The Morgan fingerprint density at radius 2 is 1.91 bits per heavy atom. The largest absolute Gasteiger partial charge is 0.337 e. The number of anilines is 1. The number of hydrogen-bond acceptors (Lipinski definition) is 4. The zero-order valence-corrected chi connectivity index (χ0v) is 19.3. The van der Waals surface area contributed by atoms with Gasteiger partial charge < -0.3 is 15.5 Å². The molecule has 2 aliphatic heterocycles. The lowest BCUT2D eigenvalue weighted by molar-refractivity contribution is -0.127. The number of likely N-dealkylation sites (tertiary alicyclic amines) is 1. The second-order valence-corrected chi connectivity index (χ2v) is 8.91. The van der Waals surface area contributed by atoms with Crippen LogP contribution in [0.25, 0.3) is 5.70 Å².